The van der Waals surface area contributed by atoms with Crippen molar-refractivity contribution in [3.63, 3.8) is 0 Å². The lowest BCUT2D eigenvalue weighted by Crippen LogP contribution is -2.41. The number of carbonyl (C=O) groups is 1. The van der Waals surface area contributed by atoms with E-state index in [-0.39, 0.29) is 18.0 Å². The van der Waals surface area contributed by atoms with Crippen LogP contribution in [0, 0.1) is 0 Å². The molecule has 0 saturated carbocycles. The molecule has 1 amide bonds. The van der Waals surface area contributed by atoms with Crippen molar-refractivity contribution < 1.29 is 13.6 Å². The Labute approximate surface area is 120 Å². The van der Waals surface area contributed by atoms with Crippen LogP contribution in [0.5, 0.6) is 0 Å². The SMILES string of the molecule is Cl.NCC(F)(F)CNC(=O)c1cccc2nccnc12. The lowest BCUT2D eigenvalue weighted by Gasteiger charge is -2.14. The smallest absolute Gasteiger partial charge is 0.277 e. The molecule has 1 aromatic carbocycles. The number of nitrogens with one attached hydrogen (secondary N) is 1. The number of hydrogen-bond donors (Lipinski definition) is 2. The second-order valence-electron chi connectivity index (χ2n) is 3.97. The number of halogens is 3. The molecule has 0 bridgehead atoms. The molecule has 0 spiro atoms. The van der Waals surface area contributed by atoms with Crippen molar-refractivity contribution >= 4 is 29.3 Å². The molecule has 0 fully saturated rings. The van der Waals surface area contributed by atoms with Gasteiger partial charge in [-0.2, -0.15) is 0 Å². The lowest BCUT2D eigenvalue weighted by molar-refractivity contribution is 0.0119. The van der Waals surface area contributed by atoms with Crippen molar-refractivity contribution in [1.82, 2.24) is 15.3 Å². The van der Waals surface area contributed by atoms with E-state index in [0.717, 1.165) is 0 Å². The predicted octanol–water partition coefficient (Wildman–Crippen LogP) is 1.38. The first-order valence-electron chi connectivity index (χ1n) is 5.59. The minimum absolute atomic E-state index is 0. The van der Waals surface area contributed by atoms with E-state index in [4.69, 9.17) is 5.73 Å². The highest BCUT2D eigenvalue weighted by atomic mass is 35.5. The van der Waals surface area contributed by atoms with Gasteiger partial charge < -0.3 is 11.1 Å². The summed E-state index contributed by atoms with van der Waals surface area (Å²) in [7, 11) is 0. The number of para-hydroxylation sites is 1. The first kappa shape index (κ1) is 16.2. The minimum atomic E-state index is -3.12. The van der Waals surface area contributed by atoms with E-state index in [1.807, 2.05) is 0 Å². The lowest BCUT2D eigenvalue weighted by atomic mass is 10.1. The van der Waals surface area contributed by atoms with Crippen LogP contribution in [0.25, 0.3) is 11.0 Å². The Kier molecular flexibility index (Phi) is 5.29. The van der Waals surface area contributed by atoms with E-state index in [1.165, 1.54) is 18.5 Å². The van der Waals surface area contributed by atoms with Gasteiger partial charge in [-0.3, -0.25) is 14.8 Å². The largest absolute Gasteiger partial charge is 0.346 e. The number of carbonyl (C=O) groups excluding carboxylic acids is 1. The third-order valence-corrected chi connectivity index (χ3v) is 2.55. The molecule has 0 aliphatic heterocycles. The Morgan fingerprint density at radius 2 is 2.00 bits per heavy atom. The van der Waals surface area contributed by atoms with Gasteiger partial charge in [0, 0.05) is 12.4 Å². The van der Waals surface area contributed by atoms with E-state index in [0.29, 0.717) is 11.0 Å². The van der Waals surface area contributed by atoms with Gasteiger partial charge in [0.1, 0.15) is 5.52 Å². The topological polar surface area (TPSA) is 80.9 Å². The van der Waals surface area contributed by atoms with E-state index in [1.54, 1.807) is 12.1 Å². The summed E-state index contributed by atoms with van der Waals surface area (Å²) in [5.74, 6) is -3.74. The van der Waals surface area contributed by atoms with Gasteiger partial charge >= 0.3 is 0 Å². The van der Waals surface area contributed by atoms with Crippen molar-refractivity contribution in [1.29, 1.82) is 0 Å². The summed E-state index contributed by atoms with van der Waals surface area (Å²) in [4.78, 5) is 19.9. The summed E-state index contributed by atoms with van der Waals surface area (Å²) >= 11 is 0. The van der Waals surface area contributed by atoms with Crippen molar-refractivity contribution in [3.05, 3.63) is 36.2 Å². The van der Waals surface area contributed by atoms with Crippen LogP contribution in [0.3, 0.4) is 0 Å². The number of rotatable bonds is 4. The number of fused-ring (bicyclic) bond motifs is 1. The highest BCUT2D eigenvalue weighted by Gasteiger charge is 2.27. The maximum atomic E-state index is 13.0. The standard InChI is InChI=1S/C12H12F2N4O.ClH/c13-12(14,6-15)7-18-11(19)8-2-1-3-9-10(8)17-5-4-16-9;/h1-5H,6-7,15H2,(H,18,19);1H. The highest BCUT2D eigenvalue weighted by Crippen LogP contribution is 2.14. The zero-order valence-corrected chi connectivity index (χ0v) is 11.2. The van der Waals surface area contributed by atoms with Crippen LogP contribution in [0.2, 0.25) is 0 Å². The van der Waals surface area contributed by atoms with Gasteiger partial charge in [0.05, 0.1) is 24.2 Å². The molecule has 0 unspecified atom stereocenters. The summed E-state index contributed by atoms with van der Waals surface area (Å²) in [6.07, 6.45) is 2.93. The summed E-state index contributed by atoms with van der Waals surface area (Å²) in [6, 6.07) is 4.81. The Balaban J connectivity index is 0.00000200. The van der Waals surface area contributed by atoms with Gasteiger partial charge in [-0.15, -0.1) is 12.4 Å². The summed E-state index contributed by atoms with van der Waals surface area (Å²) in [6.45, 7) is -1.62. The fraction of sp³-hybridized carbons (Fsp3) is 0.250. The third kappa shape index (κ3) is 3.58. The Morgan fingerprint density at radius 3 is 2.70 bits per heavy atom. The van der Waals surface area contributed by atoms with Gasteiger partial charge in [-0.05, 0) is 12.1 Å². The van der Waals surface area contributed by atoms with Gasteiger partial charge in [0.15, 0.2) is 0 Å². The molecular formula is C12H13ClF2N4O. The molecular weight excluding hydrogens is 290 g/mol. The number of amides is 1. The Hall–Kier alpha value is -1.86. The number of nitrogens with zero attached hydrogens (tertiary/aromatic N) is 2. The minimum Gasteiger partial charge on any atom is -0.346 e. The molecule has 0 saturated heterocycles. The summed E-state index contributed by atoms with van der Waals surface area (Å²) < 4.78 is 26.0. The molecule has 2 aromatic rings. The molecule has 2 rings (SSSR count). The predicted molar refractivity (Wildman–Crippen MR) is 73.1 cm³/mol. The molecule has 8 heteroatoms. The zero-order valence-electron chi connectivity index (χ0n) is 10.3. The zero-order chi connectivity index (χ0) is 13.9. The molecule has 5 nitrogen and oxygen atoms in total. The van der Waals surface area contributed by atoms with Crippen LogP contribution < -0.4 is 11.1 Å². The van der Waals surface area contributed by atoms with E-state index in [2.05, 4.69) is 15.3 Å². The maximum absolute atomic E-state index is 13.0. The second kappa shape index (κ2) is 6.53. The highest BCUT2D eigenvalue weighted by molar-refractivity contribution is 6.04. The maximum Gasteiger partial charge on any atom is 0.277 e. The Morgan fingerprint density at radius 1 is 1.30 bits per heavy atom. The molecule has 1 heterocycles. The number of nitrogens with two attached hydrogens (primary N) is 1. The van der Waals surface area contributed by atoms with Crippen LogP contribution in [-0.4, -0.2) is 34.9 Å². The first-order valence-corrected chi connectivity index (χ1v) is 5.59. The van der Waals surface area contributed by atoms with E-state index >= 15 is 0 Å². The van der Waals surface area contributed by atoms with Crippen LogP contribution in [0.15, 0.2) is 30.6 Å². The average Bonchev–Trinajstić information content (AvgIpc) is 2.44. The van der Waals surface area contributed by atoms with Crippen LogP contribution in [-0.2, 0) is 0 Å². The van der Waals surface area contributed by atoms with Gasteiger partial charge in [0.25, 0.3) is 11.8 Å². The Bertz CT molecular complexity index is 604. The second-order valence-corrected chi connectivity index (χ2v) is 3.97. The van der Waals surface area contributed by atoms with E-state index in [9.17, 15) is 13.6 Å². The monoisotopic (exact) mass is 302 g/mol. The quantitative estimate of drug-likeness (QED) is 0.894. The molecule has 0 aliphatic rings. The molecule has 20 heavy (non-hydrogen) atoms. The number of benzene rings is 1. The molecule has 108 valence electrons. The molecule has 0 atom stereocenters. The normalized spacial score (nSPS) is 10.9. The van der Waals surface area contributed by atoms with Crippen molar-refractivity contribution in [2.24, 2.45) is 5.73 Å². The molecule has 0 radical (unpaired) electrons. The molecule has 3 N–H and O–H groups in total. The van der Waals surface area contributed by atoms with Crippen LogP contribution >= 0.6 is 12.4 Å². The summed E-state index contributed by atoms with van der Waals surface area (Å²) in [5, 5.41) is 2.15. The van der Waals surface area contributed by atoms with Gasteiger partial charge in [-0.1, -0.05) is 6.07 Å². The van der Waals surface area contributed by atoms with Crippen LogP contribution in [0.1, 0.15) is 10.4 Å². The van der Waals surface area contributed by atoms with Crippen molar-refractivity contribution in [3.8, 4) is 0 Å². The number of hydrogen-bond acceptors (Lipinski definition) is 4. The summed E-state index contributed by atoms with van der Waals surface area (Å²) in [5.41, 5.74) is 6.01. The number of alkyl halides is 2. The van der Waals surface area contributed by atoms with E-state index < -0.39 is 24.9 Å². The fourth-order valence-electron chi connectivity index (χ4n) is 1.55. The average molecular weight is 303 g/mol. The van der Waals surface area contributed by atoms with Crippen molar-refractivity contribution in [2.75, 3.05) is 13.1 Å². The van der Waals surface area contributed by atoms with Gasteiger partial charge in [0.2, 0.25) is 0 Å². The third-order valence-electron chi connectivity index (χ3n) is 2.55. The molecule has 1 aromatic heterocycles. The molecule has 0 aliphatic carbocycles. The first-order chi connectivity index (χ1) is 9.03. The van der Waals surface area contributed by atoms with Crippen molar-refractivity contribution in [2.45, 2.75) is 5.92 Å². The van der Waals surface area contributed by atoms with Gasteiger partial charge in [-0.25, -0.2) is 8.78 Å². The number of aromatic nitrogens is 2. The fourth-order valence-corrected chi connectivity index (χ4v) is 1.55. The van der Waals surface area contributed by atoms with Crippen LogP contribution in [0.4, 0.5) is 8.78 Å².